The van der Waals surface area contributed by atoms with E-state index in [2.05, 4.69) is 29.1 Å². The number of ether oxygens (including phenoxy) is 2. The molecule has 0 aliphatic carbocycles. The summed E-state index contributed by atoms with van der Waals surface area (Å²) >= 11 is 0. The highest BCUT2D eigenvalue weighted by atomic mass is 127. The van der Waals surface area contributed by atoms with Gasteiger partial charge in [0.05, 0.1) is 0 Å². The number of likely N-dealkylation sites (tertiary alicyclic amines) is 1. The summed E-state index contributed by atoms with van der Waals surface area (Å²) in [5, 5.41) is 3.50. The molecule has 2 heterocycles. The maximum Gasteiger partial charge on any atom is 0.193 e. The highest BCUT2D eigenvalue weighted by molar-refractivity contribution is 14.0. The molecule has 0 aromatic heterocycles. The molecule has 2 aliphatic heterocycles. The van der Waals surface area contributed by atoms with Gasteiger partial charge in [0.2, 0.25) is 0 Å². The van der Waals surface area contributed by atoms with Crippen molar-refractivity contribution in [2.45, 2.75) is 46.0 Å². The Hall–Kier alpha value is -0.0800. The highest BCUT2D eigenvalue weighted by Gasteiger charge is 2.25. The molecule has 5 nitrogen and oxygen atoms in total. The Labute approximate surface area is 171 Å². The first kappa shape index (κ1) is 23.0. The quantitative estimate of drug-likeness (QED) is 0.257. The van der Waals surface area contributed by atoms with Crippen molar-refractivity contribution in [3.8, 4) is 0 Å². The number of halogens is 1. The number of guanidine groups is 1. The van der Waals surface area contributed by atoms with Gasteiger partial charge >= 0.3 is 0 Å². The fourth-order valence-electron chi connectivity index (χ4n) is 3.75. The van der Waals surface area contributed by atoms with E-state index >= 15 is 0 Å². The van der Waals surface area contributed by atoms with Gasteiger partial charge in [0.1, 0.15) is 0 Å². The van der Waals surface area contributed by atoms with Crippen molar-refractivity contribution in [3.05, 3.63) is 0 Å². The van der Waals surface area contributed by atoms with Gasteiger partial charge in [-0.25, -0.2) is 0 Å². The molecule has 0 radical (unpaired) electrons. The van der Waals surface area contributed by atoms with Crippen LogP contribution < -0.4 is 5.32 Å². The lowest BCUT2D eigenvalue weighted by atomic mass is 9.97. The van der Waals surface area contributed by atoms with Crippen LogP contribution in [0, 0.1) is 17.8 Å². The minimum atomic E-state index is 0. The van der Waals surface area contributed by atoms with Gasteiger partial charge in [-0.1, -0.05) is 13.8 Å². The monoisotopic (exact) mass is 467 g/mol. The maximum absolute atomic E-state index is 5.83. The number of nitrogens with zero attached hydrogens (tertiary/aromatic N) is 2. The molecule has 1 unspecified atom stereocenters. The van der Waals surface area contributed by atoms with Crippen molar-refractivity contribution < 1.29 is 9.47 Å². The predicted molar refractivity (Wildman–Crippen MR) is 115 cm³/mol. The molecule has 0 aromatic rings. The third-order valence-corrected chi connectivity index (χ3v) is 5.04. The number of rotatable bonds is 8. The van der Waals surface area contributed by atoms with Crippen LogP contribution in [0.2, 0.25) is 0 Å². The molecule has 0 bridgehead atoms. The van der Waals surface area contributed by atoms with Crippen LogP contribution in [0.1, 0.15) is 46.0 Å². The molecule has 2 fully saturated rings. The second-order valence-electron chi connectivity index (χ2n) is 7.69. The van der Waals surface area contributed by atoms with E-state index in [1.54, 1.807) is 0 Å². The first-order valence-electron chi connectivity index (χ1n) is 9.80. The molecule has 1 atom stereocenters. The Morgan fingerprint density at radius 2 is 2.00 bits per heavy atom. The van der Waals surface area contributed by atoms with Crippen molar-refractivity contribution in [2.75, 3.05) is 53.1 Å². The minimum Gasteiger partial charge on any atom is -0.381 e. The summed E-state index contributed by atoms with van der Waals surface area (Å²) < 4.78 is 11.2. The number of hydrogen-bond acceptors (Lipinski definition) is 3. The molecule has 148 valence electrons. The van der Waals surface area contributed by atoms with Crippen LogP contribution in [0.5, 0.6) is 0 Å². The molecule has 6 heteroatoms. The van der Waals surface area contributed by atoms with Crippen LogP contribution in [0.25, 0.3) is 0 Å². The van der Waals surface area contributed by atoms with Gasteiger partial charge in [-0.05, 0) is 49.9 Å². The van der Waals surface area contributed by atoms with Crippen molar-refractivity contribution in [2.24, 2.45) is 22.7 Å². The maximum atomic E-state index is 5.83. The molecule has 0 spiro atoms. The van der Waals surface area contributed by atoms with Crippen LogP contribution in [0.3, 0.4) is 0 Å². The summed E-state index contributed by atoms with van der Waals surface area (Å²) in [7, 11) is 1.89. The Kier molecular flexibility index (Phi) is 12.1. The largest absolute Gasteiger partial charge is 0.381 e. The van der Waals surface area contributed by atoms with Crippen molar-refractivity contribution in [1.82, 2.24) is 10.2 Å². The van der Waals surface area contributed by atoms with E-state index in [1.807, 2.05) is 7.05 Å². The number of hydrogen-bond donors (Lipinski definition) is 1. The topological polar surface area (TPSA) is 46.1 Å². The predicted octanol–water partition coefficient (Wildman–Crippen LogP) is 3.38. The van der Waals surface area contributed by atoms with Gasteiger partial charge in [0.15, 0.2) is 5.96 Å². The molecule has 1 N–H and O–H groups in total. The van der Waals surface area contributed by atoms with Crippen LogP contribution in [-0.4, -0.2) is 64.0 Å². The van der Waals surface area contributed by atoms with E-state index in [1.165, 1.54) is 12.8 Å². The summed E-state index contributed by atoms with van der Waals surface area (Å²) in [6.45, 7) is 11.4. The molecular formula is C19H38IN3O2. The minimum absolute atomic E-state index is 0. The third-order valence-electron chi connectivity index (χ3n) is 5.04. The van der Waals surface area contributed by atoms with E-state index < -0.39 is 0 Å². The fourth-order valence-corrected chi connectivity index (χ4v) is 3.75. The standard InChI is InChI=1S/C19H37N3O2.HI/c1-16(2)13-18-5-9-22(14-18)19(20-3)21-8-4-10-24-15-17-6-11-23-12-7-17;/h16-18H,4-15H2,1-3H3,(H,20,21);1H. The molecule has 2 saturated heterocycles. The average molecular weight is 467 g/mol. The van der Waals surface area contributed by atoms with Crippen molar-refractivity contribution in [3.63, 3.8) is 0 Å². The number of nitrogens with one attached hydrogen (secondary N) is 1. The van der Waals surface area contributed by atoms with E-state index in [9.17, 15) is 0 Å². The van der Waals surface area contributed by atoms with E-state index in [0.717, 1.165) is 83.1 Å². The lowest BCUT2D eigenvalue weighted by Gasteiger charge is -2.23. The van der Waals surface area contributed by atoms with Gasteiger partial charge in [-0.15, -0.1) is 24.0 Å². The second-order valence-corrected chi connectivity index (χ2v) is 7.69. The Bertz CT molecular complexity index is 374. The molecule has 0 amide bonds. The smallest absolute Gasteiger partial charge is 0.193 e. The Balaban J connectivity index is 0.00000312. The van der Waals surface area contributed by atoms with Gasteiger partial charge in [0.25, 0.3) is 0 Å². The molecule has 25 heavy (non-hydrogen) atoms. The molecular weight excluding hydrogens is 429 g/mol. The average Bonchev–Trinajstić information content (AvgIpc) is 3.02. The summed E-state index contributed by atoms with van der Waals surface area (Å²) in [6.07, 6.45) is 5.96. The summed E-state index contributed by atoms with van der Waals surface area (Å²) in [5.74, 6) is 3.37. The van der Waals surface area contributed by atoms with Crippen LogP contribution in [0.15, 0.2) is 4.99 Å². The number of aliphatic imine (C=N–C) groups is 1. The van der Waals surface area contributed by atoms with Crippen molar-refractivity contribution in [1.29, 1.82) is 0 Å². The Morgan fingerprint density at radius 1 is 1.24 bits per heavy atom. The first-order chi connectivity index (χ1) is 11.7. The third kappa shape index (κ3) is 8.91. The van der Waals surface area contributed by atoms with Crippen LogP contribution in [-0.2, 0) is 9.47 Å². The fraction of sp³-hybridized carbons (Fsp3) is 0.947. The highest BCUT2D eigenvalue weighted by Crippen LogP contribution is 2.23. The summed E-state index contributed by atoms with van der Waals surface area (Å²) in [4.78, 5) is 6.86. The van der Waals surface area contributed by atoms with Crippen LogP contribution in [0.4, 0.5) is 0 Å². The van der Waals surface area contributed by atoms with Gasteiger partial charge in [-0.3, -0.25) is 4.99 Å². The zero-order valence-electron chi connectivity index (χ0n) is 16.3. The van der Waals surface area contributed by atoms with Gasteiger partial charge < -0.3 is 19.7 Å². The zero-order chi connectivity index (χ0) is 17.2. The first-order valence-corrected chi connectivity index (χ1v) is 9.80. The van der Waals surface area contributed by atoms with Crippen molar-refractivity contribution >= 4 is 29.9 Å². The second kappa shape index (κ2) is 13.1. The summed E-state index contributed by atoms with van der Waals surface area (Å²) in [6, 6.07) is 0. The summed E-state index contributed by atoms with van der Waals surface area (Å²) in [5.41, 5.74) is 0. The normalized spacial score (nSPS) is 22.3. The molecule has 0 aromatic carbocycles. The molecule has 0 saturated carbocycles. The molecule has 2 aliphatic rings. The lowest BCUT2D eigenvalue weighted by molar-refractivity contribution is 0.0203. The molecule has 2 rings (SSSR count). The Morgan fingerprint density at radius 3 is 2.68 bits per heavy atom. The van der Waals surface area contributed by atoms with Crippen LogP contribution >= 0.6 is 24.0 Å². The van der Waals surface area contributed by atoms with E-state index in [0.29, 0.717) is 5.92 Å². The van der Waals surface area contributed by atoms with Gasteiger partial charge in [0, 0.05) is 53.1 Å². The SMILES string of the molecule is CN=C(NCCCOCC1CCOCC1)N1CCC(CC(C)C)C1.I. The van der Waals surface area contributed by atoms with E-state index in [-0.39, 0.29) is 24.0 Å². The van der Waals surface area contributed by atoms with Gasteiger partial charge in [-0.2, -0.15) is 0 Å². The zero-order valence-corrected chi connectivity index (χ0v) is 18.7. The lowest BCUT2D eigenvalue weighted by Crippen LogP contribution is -2.40. The van der Waals surface area contributed by atoms with E-state index in [4.69, 9.17) is 9.47 Å².